The van der Waals surface area contributed by atoms with Crippen molar-refractivity contribution in [2.75, 3.05) is 11.9 Å². The molecule has 0 radical (unpaired) electrons. The Morgan fingerprint density at radius 3 is 2.64 bits per heavy atom. The maximum atomic E-state index is 13.0. The largest absolute Gasteiger partial charge is 0.461 e. The third-order valence-corrected chi connectivity index (χ3v) is 6.37. The van der Waals surface area contributed by atoms with Gasteiger partial charge in [0.2, 0.25) is 5.91 Å². The third kappa shape index (κ3) is 5.18. The van der Waals surface area contributed by atoms with E-state index in [0.29, 0.717) is 32.8 Å². The first kappa shape index (κ1) is 22.4. The minimum Gasteiger partial charge on any atom is -0.461 e. The molecule has 2 heterocycles. The molecule has 8 heteroatoms. The fourth-order valence-electron chi connectivity index (χ4n) is 3.52. The molecule has 2 aromatic heterocycles. The van der Waals surface area contributed by atoms with Crippen LogP contribution in [0.25, 0.3) is 10.2 Å². The zero-order valence-corrected chi connectivity index (χ0v) is 19.1. The van der Waals surface area contributed by atoms with Crippen molar-refractivity contribution in [2.24, 2.45) is 0 Å². The first-order chi connectivity index (χ1) is 15.9. The van der Waals surface area contributed by atoms with E-state index < -0.39 is 5.97 Å². The van der Waals surface area contributed by atoms with Gasteiger partial charge in [-0.1, -0.05) is 42.5 Å². The molecule has 2 aromatic carbocycles. The van der Waals surface area contributed by atoms with E-state index in [2.05, 4.69) is 10.3 Å². The fourth-order valence-corrected chi connectivity index (χ4v) is 4.55. The number of aryl methyl sites for hydroxylation is 2. The van der Waals surface area contributed by atoms with E-state index in [9.17, 15) is 14.4 Å². The number of hydrogen-bond acceptors (Lipinski definition) is 6. The number of rotatable bonds is 7. The Hall–Kier alpha value is -3.78. The normalized spacial score (nSPS) is 10.8. The Kier molecular flexibility index (Phi) is 6.65. The molecule has 7 nitrogen and oxygen atoms in total. The average molecular weight is 462 g/mol. The highest BCUT2D eigenvalue weighted by Crippen LogP contribution is 2.27. The number of fused-ring (bicyclic) bond motifs is 1. The smallest absolute Gasteiger partial charge is 0.348 e. The van der Waals surface area contributed by atoms with E-state index in [-0.39, 0.29) is 24.6 Å². The van der Waals surface area contributed by atoms with Gasteiger partial charge in [0.15, 0.2) is 0 Å². The predicted octanol–water partition coefficient (Wildman–Crippen LogP) is 4.11. The lowest BCUT2D eigenvalue weighted by Gasteiger charge is -2.08. The Balaban J connectivity index is 1.48. The van der Waals surface area contributed by atoms with Gasteiger partial charge in [0.05, 0.1) is 18.3 Å². The zero-order chi connectivity index (χ0) is 23.4. The van der Waals surface area contributed by atoms with Crippen molar-refractivity contribution in [1.29, 1.82) is 0 Å². The van der Waals surface area contributed by atoms with Crippen molar-refractivity contribution >= 4 is 39.1 Å². The second-order valence-electron chi connectivity index (χ2n) is 7.70. The van der Waals surface area contributed by atoms with Gasteiger partial charge >= 0.3 is 5.97 Å². The van der Waals surface area contributed by atoms with Crippen LogP contribution in [0, 0.1) is 13.8 Å². The summed E-state index contributed by atoms with van der Waals surface area (Å²) in [4.78, 5) is 43.2. The van der Waals surface area contributed by atoms with Crippen LogP contribution in [0.1, 0.15) is 26.4 Å². The number of aromatic nitrogens is 2. The molecule has 1 N–H and O–H groups in total. The average Bonchev–Trinajstić information content (AvgIpc) is 3.13. The summed E-state index contributed by atoms with van der Waals surface area (Å²) >= 11 is 1.12. The van der Waals surface area contributed by atoms with Crippen LogP contribution in [-0.2, 0) is 22.5 Å². The summed E-state index contributed by atoms with van der Waals surface area (Å²) in [6.45, 7) is 3.70. The van der Waals surface area contributed by atoms with Gasteiger partial charge in [-0.25, -0.2) is 9.78 Å². The second-order valence-corrected chi connectivity index (χ2v) is 8.70. The Morgan fingerprint density at radius 2 is 1.88 bits per heavy atom. The first-order valence-electron chi connectivity index (χ1n) is 10.5. The summed E-state index contributed by atoms with van der Waals surface area (Å²) in [6.07, 6.45) is 1.94. The van der Waals surface area contributed by atoms with Crippen LogP contribution in [0.3, 0.4) is 0 Å². The standard InChI is InChI=1S/C25H23N3O4S/c1-16-7-6-10-19(13-16)27-20(29)14-28-15-26-23-21(24(28)30)17(2)22(33-23)25(31)32-12-11-18-8-4-3-5-9-18/h3-10,13,15H,11-12,14H2,1-2H3,(H,27,29). The molecule has 0 saturated heterocycles. The van der Waals surface area contributed by atoms with Gasteiger partial charge in [-0.3, -0.25) is 14.2 Å². The number of carbonyl (C=O) groups is 2. The van der Waals surface area contributed by atoms with Crippen LogP contribution in [0.15, 0.2) is 65.7 Å². The summed E-state index contributed by atoms with van der Waals surface area (Å²) in [7, 11) is 0. The van der Waals surface area contributed by atoms with Crippen LogP contribution in [0.2, 0.25) is 0 Å². The maximum Gasteiger partial charge on any atom is 0.348 e. The lowest BCUT2D eigenvalue weighted by Crippen LogP contribution is -2.27. The Morgan fingerprint density at radius 1 is 1.09 bits per heavy atom. The molecule has 33 heavy (non-hydrogen) atoms. The number of nitrogens with zero attached hydrogens (tertiary/aromatic N) is 2. The Labute approximate surface area is 194 Å². The number of anilines is 1. The first-order valence-corrected chi connectivity index (χ1v) is 11.3. The van der Waals surface area contributed by atoms with E-state index >= 15 is 0 Å². The number of esters is 1. The minimum atomic E-state index is -0.477. The third-order valence-electron chi connectivity index (χ3n) is 5.19. The topological polar surface area (TPSA) is 90.3 Å². The number of benzene rings is 2. The number of carbonyl (C=O) groups excluding carboxylic acids is 2. The van der Waals surface area contributed by atoms with E-state index in [1.807, 2.05) is 55.5 Å². The molecular weight excluding hydrogens is 438 g/mol. The van der Waals surface area contributed by atoms with Crippen molar-refractivity contribution in [2.45, 2.75) is 26.8 Å². The molecule has 0 aliphatic heterocycles. The Bertz CT molecular complexity index is 1380. The van der Waals surface area contributed by atoms with Gasteiger partial charge in [-0.15, -0.1) is 11.3 Å². The summed E-state index contributed by atoms with van der Waals surface area (Å²) < 4.78 is 6.67. The molecule has 0 spiro atoms. The van der Waals surface area contributed by atoms with Gasteiger partial charge in [0, 0.05) is 12.1 Å². The second kappa shape index (κ2) is 9.79. The highest BCUT2D eigenvalue weighted by molar-refractivity contribution is 7.20. The summed E-state index contributed by atoms with van der Waals surface area (Å²) in [6, 6.07) is 17.2. The molecule has 4 aromatic rings. The van der Waals surface area contributed by atoms with Crippen molar-refractivity contribution in [3.8, 4) is 0 Å². The zero-order valence-electron chi connectivity index (χ0n) is 18.3. The van der Waals surface area contributed by atoms with E-state index in [0.717, 1.165) is 22.5 Å². The lowest BCUT2D eigenvalue weighted by atomic mass is 10.2. The highest BCUT2D eigenvalue weighted by Gasteiger charge is 2.21. The number of nitrogens with one attached hydrogen (secondary N) is 1. The van der Waals surface area contributed by atoms with Crippen LogP contribution < -0.4 is 10.9 Å². The molecule has 0 bridgehead atoms. The molecule has 0 unspecified atom stereocenters. The van der Waals surface area contributed by atoms with Gasteiger partial charge in [-0.2, -0.15) is 0 Å². The van der Waals surface area contributed by atoms with Gasteiger partial charge in [-0.05, 0) is 42.7 Å². The van der Waals surface area contributed by atoms with Crippen LogP contribution in [0.4, 0.5) is 5.69 Å². The number of thiophene rings is 1. The SMILES string of the molecule is Cc1cccc(NC(=O)Cn2cnc3sc(C(=O)OCCc4ccccc4)c(C)c3c2=O)c1. The maximum absolute atomic E-state index is 13.0. The van der Waals surface area contributed by atoms with Gasteiger partial charge < -0.3 is 10.1 Å². The highest BCUT2D eigenvalue weighted by atomic mass is 32.1. The predicted molar refractivity (Wildman–Crippen MR) is 129 cm³/mol. The molecular formula is C25H23N3O4S. The summed E-state index contributed by atoms with van der Waals surface area (Å²) in [5, 5.41) is 3.12. The summed E-state index contributed by atoms with van der Waals surface area (Å²) in [5.41, 5.74) is 2.91. The van der Waals surface area contributed by atoms with E-state index in [4.69, 9.17) is 4.74 Å². The molecule has 0 saturated carbocycles. The quantitative estimate of drug-likeness (QED) is 0.418. The number of ether oxygens (including phenoxy) is 1. The molecule has 4 rings (SSSR count). The van der Waals surface area contributed by atoms with Crippen molar-refractivity contribution in [3.63, 3.8) is 0 Å². The molecule has 0 aliphatic rings. The molecule has 0 atom stereocenters. The van der Waals surface area contributed by atoms with E-state index in [1.165, 1.54) is 10.9 Å². The van der Waals surface area contributed by atoms with Crippen molar-refractivity contribution in [1.82, 2.24) is 9.55 Å². The van der Waals surface area contributed by atoms with Crippen LogP contribution in [0.5, 0.6) is 0 Å². The summed E-state index contributed by atoms with van der Waals surface area (Å²) in [5.74, 6) is -0.813. The monoisotopic (exact) mass is 461 g/mol. The number of amides is 1. The minimum absolute atomic E-state index is 0.179. The van der Waals surface area contributed by atoms with Crippen LogP contribution in [-0.4, -0.2) is 28.0 Å². The molecule has 0 fully saturated rings. The fraction of sp³-hybridized carbons (Fsp3) is 0.200. The van der Waals surface area contributed by atoms with Crippen molar-refractivity contribution in [3.05, 3.63) is 92.8 Å². The lowest BCUT2D eigenvalue weighted by molar-refractivity contribution is -0.116. The number of hydrogen-bond donors (Lipinski definition) is 1. The molecule has 0 aliphatic carbocycles. The molecule has 168 valence electrons. The van der Waals surface area contributed by atoms with E-state index in [1.54, 1.807) is 13.0 Å². The van der Waals surface area contributed by atoms with Crippen molar-refractivity contribution < 1.29 is 14.3 Å². The van der Waals surface area contributed by atoms with Crippen LogP contribution >= 0.6 is 11.3 Å². The van der Waals surface area contributed by atoms with Gasteiger partial charge in [0.25, 0.3) is 5.56 Å². The molecule has 1 amide bonds. The van der Waals surface area contributed by atoms with Gasteiger partial charge in [0.1, 0.15) is 16.3 Å².